The number of aliphatic carboxylic acids is 1. The monoisotopic (exact) mass is 586 g/mol. The summed E-state index contributed by atoms with van der Waals surface area (Å²) in [6, 6.07) is 14.9. The number of hydroxylamine groups is 1. The normalized spacial score (nSPS) is 11.2. The molecule has 0 radical (unpaired) electrons. The number of fused-ring (bicyclic) bond motifs is 1. The third-order valence-corrected chi connectivity index (χ3v) is 6.28. The third-order valence-electron chi connectivity index (χ3n) is 4.92. The summed E-state index contributed by atoms with van der Waals surface area (Å²) in [7, 11) is -4.03. The van der Waals surface area contributed by atoms with Gasteiger partial charge in [-0.2, -0.15) is 13.2 Å². The molecule has 0 aliphatic rings. The molecule has 216 valence electrons. The lowest BCUT2D eigenvalue weighted by molar-refractivity contribution is -0.192. The predicted molar refractivity (Wildman–Crippen MR) is 138 cm³/mol. The molecule has 0 atom stereocenters. The number of hydrogen-bond donors (Lipinski definition) is 6. The molecule has 17 heteroatoms. The number of rotatable bonds is 9. The number of carbonyl (C=O) groups excluding carboxylic acids is 1. The van der Waals surface area contributed by atoms with Crippen LogP contribution in [-0.2, 0) is 31.0 Å². The highest BCUT2D eigenvalue weighted by Crippen LogP contribution is 2.20. The van der Waals surface area contributed by atoms with Gasteiger partial charge in [-0.05, 0) is 42.0 Å². The first kappa shape index (κ1) is 31.6. The van der Waals surface area contributed by atoms with E-state index in [-0.39, 0.29) is 36.2 Å². The Morgan fingerprint density at radius 3 is 2.33 bits per heavy atom. The number of halogens is 3. The summed E-state index contributed by atoms with van der Waals surface area (Å²) in [5.41, 5.74) is 6.86. The minimum absolute atomic E-state index is 0.0182. The average Bonchev–Trinajstić information content (AvgIpc) is 2.87. The second-order valence-corrected chi connectivity index (χ2v) is 9.59. The number of pyridine rings is 1. The number of hydrogen-bond acceptors (Lipinski definition) is 7. The van der Waals surface area contributed by atoms with Crippen LogP contribution in [0.3, 0.4) is 0 Å². The predicted octanol–water partition coefficient (Wildman–Crippen LogP) is 1.27. The standard InChI is InChI=1S/C21H24N6O5S.C2HF3O2/c1-14-6-9-18(20(29)27(14)13-19(28)24-10-11-32-25-21(22)23)26-33(30,31)17-8-7-15-4-2-3-5-16(15)12-17;3-2(4,5)1(6)7/h2-9,12,26H,10-11,13H2,1H3,(H,24,28)(H4,22,23,25);(H,6,7). The average molecular weight is 587 g/mol. The number of nitrogens with zero attached hydrogens (tertiary/aromatic N) is 1. The molecule has 1 aromatic heterocycles. The van der Waals surface area contributed by atoms with Crippen molar-refractivity contribution in [3.8, 4) is 0 Å². The van der Waals surface area contributed by atoms with Crippen LogP contribution in [-0.4, -0.2) is 55.3 Å². The summed E-state index contributed by atoms with van der Waals surface area (Å²) in [5, 5.41) is 18.3. The molecule has 7 N–H and O–H groups in total. The highest BCUT2D eigenvalue weighted by Gasteiger charge is 2.38. The maximum atomic E-state index is 12.9. The maximum absolute atomic E-state index is 12.9. The Hall–Kier alpha value is -4.64. The van der Waals surface area contributed by atoms with E-state index < -0.39 is 33.6 Å². The zero-order valence-corrected chi connectivity index (χ0v) is 21.6. The van der Waals surface area contributed by atoms with Crippen molar-refractivity contribution in [2.75, 3.05) is 17.9 Å². The van der Waals surface area contributed by atoms with Gasteiger partial charge in [0.05, 0.1) is 11.5 Å². The molecule has 1 heterocycles. The summed E-state index contributed by atoms with van der Waals surface area (Å²) in [6.07, 6.45) is -5.08. The molecule has 2 aromatic carbocycles. The van der Waals surface area contributed by atoms with Crippen molar-refractivity contribution in [1.29, 1.82) is 5.41 Å². The number of alkyl halides is 3. The first-order valence-corrected chi connectivity index (χ1v) is 12.6. The molecule has 0 fully saturated rings. The van der Waals surface area contributed by atoms with Gasteiger partial charge < -0.3 is 20.7 Å². The van der Waals surface area contributed by atoms with Crippen molar-refractivity contribution in [2.24, 2.45) is 5.73 Å². The van der Waals surface area contributed by atoms with Gasteiger partial charge in [-0.15, -0.1) is 0 Å². The van der Waals surface area contributed by atoms with Crippen molar-refractivity contribution >= 4 is 44.3 Å². The van der Waals surface area contributed by atoms with Crippen LogP contribution >= 0.6 is 0 Å². The second-order valence-electron chi connectivity index (χ2n) is 7.91. The molecule has 0 spiro atoms. The number of aromatic nitrogens is 1. The van der Waals surface area contributed by atoms with Gasteiger partial charge in [0.2, 0.25) is 11.9 Å². The van der Waals surface area contributed by atoms with Crippen molar-refractivity contribution in [2.45, 2.75) is 24.5 Å². The van der Waals surface area contributed by atoms with Gasteiger partial charge in [0.15, 0.2) is 0 Å². The first-order valence-electron chi connectivity index (χ1n) is 11.1. The van der Waals surface area contributed by atoms with Gasteiger partial charge in [0, 0.05) is 12.2 Å². The molecular formula is C23H25F3N6O7S. The van der Waals surface area contributed by atoms with E-state index in [0.29, 0.717) is 5.69 Å². The minimum atomic E-state index is -5.08. The molecule has 0 aliphatic carbocycles. The van der Waals surface area contributed by atoms with E-state index in [4.69, 9.17) is 25.9 Å². The van der Waals surface area contributed by atoms with Gasteiger partial charge in [-0.3, -0.25) is 24.6 Å². The van der Waals surface area contributed by atoms with Gasteiger partial charge in [0.1, 0.15) is 12.2 Å². The molecular weight excluding hydrogens is 561 g/mol. The number of nitrogens with two attached hydrogens (primary N) is 1. The smallest absolute Gasteiger partial charge is 0.475 e. The number of sulfonamides is 1. The SMILES string of the molecule is Cc1ccc(NS(=O)(=O)c2ccc3ccccc3c2)c(=O)n1CC(=O)NCCONC(=N)N.O=C(O)C(F)(F)F. The fourth-order valence-corrected chi connectivity index (χ4v) is 4.14. The number of carbonyl (C=O) groups is 2. The summed E-state index contributed by atoms with van der Waals surface area (Å²) in [4.78, 5) is 38.8. The van der Waals surface area contributed by atoms with Crippen LogP contribution in [0.2, 0.25) is 0 Å². The summed E-state index contributed by atoms with van der Waals surface area (Å²) < 4.78 is 61.0. The van der Waals surface area contributed by atoms with E-state index in [1.54, 1.807) is 25.1 Å². The Morgan fingerprint density at radius 2 is 1.73 bits per heavy atom. The molecule has 0 saturated carbocycles. The molecule has 40 heavy (non-hydrogen) atoms. The lowest BCUT2D eigenvalue weighted by atomic mass is 10.1. The summed E-state index contributed by atoms with van der Waals surface area (Å²) >= 11 is 0. The number of anilines is 1. The summed E-state index contributed by atoms with van der Waals surface area (Å²) in [5.74, 6) is -3.60. The van der Waals surface area contributed by atoms with Crippen molar-refractivity contribution in [3.63, 3.8) is 0 Å². The summed E-state index contributed by atoms with van der Waals surface area (Å²) in [6.45, 7) is 1.48. The second kappa shape index (κ2) is 13.4. The number of carboxylic acid groups (broad SMARTS) is 1. The maximum Gasteiger partial charge on any atom is 0.490 e. The Kier molecular flexibility index (Phi) is 10.6. The van der Waals surface area contributed by atoms with Gasteiger partial charge in [0.25, 0.3) is 15.6 Å². The van der Waals surface area contributed by atoms with Gasteiger partial charge in [-0.25, -0.2) is 18.7 Å². The zero-order valence-electron chi connectivity index (χ0n) is 20.8. The number of carboxylic acids is 1. The number of guanidine groups is 1. The lowest BCUT2D eigenvalue weighted by Gasteiger charge is -2.14. The molecule has 0 bridgehead atoms. The highest BCUT2D eigenvalue weighted by atomic mass is 32.2. The minimum Gasteiger partial charge on any atom is -0.475 e. The van der Waals surface area contributed by atoms with E-state index in [1.807, 2.05) is 18.2 Å². The largest absolute Gasteiger partial charge is 0.490 e. The van der Waals surface area contributed by atoms with Crippen LogP contribution in [0.5, 0.6) is 0 Å². The van der Waals surface area contributed by atoms with Crippen LogP contribution in [0.15, 0.2) is 64.3 Å². The van der Waals surface area contributed by atoms with Crippen molar-refractivity contribution in [3.05, 3.63) is 70.6 Å². The van der Waals surface area contributed by atoms with E-state index in [0.717, 1.165) is 10.8 Å². The number of amides is 1. The Labute approximate surface area is 225 Å². The fourth-order valence-electron chi connectivity index (χ4n) is 3.05. The van der Waals surface area contributed by atoms with E-state index in [1.165, 1.54) is 22.8 Å². The number of aryl methyl sites for hydroxylation is 1. The quantitative estimate of drug-likeness (QED) is 0.0923. The molecule has 13 nitrogen and oxygen atoms in total. The van der Waals surface area contributed by atoms with E-state index >= 15 is 0 Å². The lowest BCUT2D eigenvalue weighted by Crippen LogP contribution is -2.37. The van der Waals surface area contributed by atoms with Crippen LogP contribution < -0.4 is 26.8 Å². The van der Waals surface area contributed by atoms with Crippen molar-refractivity contribution < 1.29 is 41.1 Å². The van der Waals surface area contributed by atoms with Crippen LogP contribution in [0.25, 0.3) is 10.8 Å². The van der Waals surface area contributed by atoms with Crippen LogP contribution in [0.4, 0.5) is 18.9 Å². The topological polar surface area (TPSA) is 206 Å². The third kappa shape index (κ3) is 9.28. The molecule has 0 saturated heterocycles. The number of benzene rings is 2. The first-order chi connectivity index (χ1) is 18.6. The zero-order chi connectivity index (χ0) is 30.1. The Morgan fingerprint density at radius 1 is 1.10 bits per heavy atom. The molecule has 1 amide bonds. The van der Waals surface area contributed by atoms with Gasteiger partial charge >= 0.3 is 12.1 Å². The molecule has 3 rings (SSSR count). The Bertz CT molecular complexity index is 1560. The Balaban J connectivity index is 0.000000708. The van der Waals surface area contributed by atoms with E-state index in [2.05, 4.69) is 15.5 Å². The van der Waals surface area contributed by atoms with Crippen molar-refractivity contribution in [1.82, 2.24) is 15.4 Å². The molecule has 3 aromatic rings. The van der Waals surface area contributed by atoms with Gasteiger partial charge in [-0.1, -0.05) is 30.3 Å². The van der Waals surface area contributed by atoms with Crippen LogP contribution in [0, 0.1) is 12.3 Å². The molecule has 0 aliphatic heterocycles. The van der Waals surface area contributed by atoms with E-state index in [9.17, 15) is 31.2 Å². The van der Waals surface area contributed by atoms with Crippen LogP contribution in [0.1, 0.15) is 5.69 Å². The molecule has 0 unspecified atom stereocenters. The fraction of sp³-hybridized carbons (Fsp3) is 0.217. The number of nitrogens with one attached hydrogen (secondary N) is 4. The highest BCUT2D eigenvalue weighted by molar-refractivity contribution is 7.92.